The van der Waals surface area contributed by atoms with Gasteiger partial charge in [0.25, 0.3) is 0 Å². The summed E-state index contributed by atoms with van der Waals surface area (Å²) in [6, 6.07) is 8.93. The van der Waals surface area contributed by atoms with Crippen LogP contribution >= 0.6 is 0 Å². The summed E-state index contributed by atoms with van der Waals surface area (Å²) < 4.78 is 7.83. The van der Waals surface area contributed by atoms with Crippen LogP contribution in [0.5, 0.6) is 0 Å². The zero-order valence-corrected chi connectivity index (χ0v) is 14.9. The predicted molar refractivity (Wildman–Crippen MR) is 96.3 cm³/mol. The van der Waals surface area contributed by atoms with Crippen LogP contribution in [0.25, 0.3) is 11.0 Å². The normalized spacial score (nSPS) is 20.2. The first kappa shape index (κ1) is 16.3. The average molecular weight is 339 g/mol. The number of aryl methyl sites for hydroxylation is 1. The molecular weight excluding hydrogens is 314 g/mol. The lowest BCUT2D eigenvalue weighted by atomic mass is 10.0. The SMILES string of the molecule is CCCc1noc([C@H](C)N2CCC[C@H](n3cnc4ccccc43)C2)n1. The molecule has 1 aromatic carbocycles. The fourth-order valence-electron chi connectivity index (χ4n) is 3.75. The van der Waals surface area contributed by atoms with Crippen molar-refractivity contribution in [1.82, 2.24) is 24.6 Å². The van der Waals surface area contributed by atoms with E-state index in [4.69, 9.17) is 4.52 Å². The molecule has 0 spiro atoms. The van der Waals surface area contributed by atoms with Crippen LogP contribution in [0.4, 0.5) is 0 Å². The summed E-state index contributed by atoms with van der Waals surface area (Å²) in [5, 5.41) is 4.10. The molecule has 2 atom stereocenters. The van der Waals surface area contributed by atoms with E-state index in [9.17, 15) is 0 Å². The Morgan fingerprint density at radius 3 is 3.08 bits per heavy atom. The second-order valence-corrected chi connectivity index (χ2v) is 6.91. The maximum atomic E-state index is 5.51. The summed E-state index contributed by atoms with van der Waals surface area (Å²) in [5.74, 6) is 1.55. The van der Waals surface area contributed by atoms with Gasteiger partial charge < -0.3 is 9.09 Å². The number of piperidine rings is 1. The van der Waals surface area contributed by atoms with Crippen molar-refractivity contribution in [3.05, 3.63) is 42.3 Å². The number of imidazole rings is 1. The van der Waals surface area contributed by atoms with Crippen molar-refractivity contribution in [1.29, 1.82) is 0 Å². The van der Waals surface area contributed by atoms with Crippen molar-refractivity contribution in [3.63, 3.8) is 0 Å². The molecule has 1 aliphatic heterocycles. The van der Waals surface area contributed by atoms with Crippen molar-refractivity contribution in [2.24, 2.45) is 0 Å². The first-order chi connectivity index (χ1) is 12.3. The minimum absolute atomic E-state index is 0.149. The Bertz CT molecular complexity index is 839. The highest BCUT2D eigenvalue weighted by atomic mass is 16.5. The molecule has 3 heterocycles. The lowest BCUT2D eigenvalue weighted by Gasteiger charge is -2.36. The lowest BCUT2D eigenvalue weighted by molar-refractivity contribution is 0.115. The molecule has 132 valence electrons. The van der Waals surface area contributed by atoms with Gasteiger partial charge >= 0.3 is 0 Å². The van der Waals surface area contributed by atoms with Gasteiger partial charge in [-0.15, -0.1) is 0 Å². The molecule has 4 rings (SSSR count). The van der Waals surface area contributed by atoms with E-state index in [0.29, 0.717) is 6.04 Å². The van der Waals surface area contributed by atoms with Gasteiger partial charge in [-0.2, -0.15) is 4.98 Å². The van der Waals surface area contributed by atoms with Gasteiger partial charge in [0.05, 0.1) is 23.4 Å². The topological polar surface area (TPSA) is 60.0 Å². The third-order valence-corrected chi connectivity index (χ3v) is 5.16. The molecule has 1 fully saturated rings. The van der Waals surface area contributed by atoms with Gasteiger partial charge in [-0.05, 0) is 44.9 Å². The van der Waals surface area contributed by atoms with Crippen LogP contribution in [0.2, 0.25) is 0 Å². The molecule has 25 heavy (non-hydrogen) atoms. The van der Waals surface area contributed by atoms with Gasteiger partial charge in [0.1, 0.15) is 0 Å². The van der Waals surface area contributed by atoms with Crippen molar-refractivity contribution >= 4 is 11.0 Å². The third kappa shape index (κ3) is 3.18. The van der Waals surface area contributed by atoms with Crippen LogP contribution in [0, 0.1) is 0 Å². The van der Waals surface area contributed by atoms with E-state index in [1.165, 1.54) is 11.9 Å². The fourth-order valence-corrected chi connectivity index (χ4v) is 3.75. The molecule has 1 aliphatic rings. The Balaban J connectivity index is 1.52. The van der Waals surface area contributed by atoms with E-state index in [1.54, 1.807) is 0 Å². The molecule has 2 aromatic heterocycles. The van der Waals surface area contributed by atoms with Crippen molar-refractivity contribution in [2.75, 3.05) is 13.1 Å². The largest absolute Gasteiger partial charge is 0.338 e. The first-order valence-electron chi connectivity index (χ1n) is 9.24. The molecule has 0 amide bonds. The number of aromatic nitrogens is 4. The fraction of sp³-hybridized carbons (Fsp3) is 0.526. The Labute approximate surface area is 147 Å². The molecule has 0 unspecified atom stereocenters. The zero-order chi connectivity index (χ0) is 17.2. The van der Waals surface area contributed by atoms with Crippen LogP contribution in [0.1, 0.15) is 56.9 Å². The molecule has 0 aliphatic carbocycles. The highest BCUT2D eigenvalue weighted by molar-refractivity contribution is 5.75. The van der Waals surface area contributed by atoms with E-state index in [0.717, 1.165) is 49.6 Å². The van der Waals surface area contributed by atoms with Gasteiger partial charge in [-0.3, -0.25) is 4.90 Å². The summed E-state index contributed by atoms with van der Waals surface area (Å²) in [4.78, 5) is 11.6. The average Bonchev–Trinajstić information content (AvgIpc) is 3.28. The molecule has 0 saturated carbocycles. The van der Waals surface area contributed by atoms with Gasteiger partial charge in [-0.1, -0.05) is 24.2 Å². The van der Waals surface area contributed by atoms with Crippen LogP contribution in [0.3, 0.4) is 0 Å². The Kier molecular flexibility index (Phi) is 4.53. The van der Waals surface area contributed by atoms with Crippen LogP contribution in [-0.2, 0) is 6.42 Å². The monoisotopic (exact) mass is 339 g/mol. The van der Waals surface area contributed by atoms with Gasteiger partial charge in [0, 0.05) is 19.0 Å². The standard InChI is InChI=1S/C19H25N5O/c1-3-7-18-21-19(25-22-18)14(2)23-11-6-8-15(12-23)24-13-20-16-9-4-5-10-17(16)24/h4-5,9-10,13-15H,3,6-8,11-12H2,1-2H3/t14-,15-/m0/s1. The predicted octanol–water partition coefficient (Wildman–Crippen LogP) is 3.77. The van der Waals surface area contributed by atoms with Crippen LogP contribution < -0.4 is 0 Å². The molecule has 6 nitrogen and oxygen atoms in total. The zero-order valence-electron chi connectivity index (χ0n) is 14.9. The lowest BCUT2D eigenvalue weighted by Crippen LogP contribution is -2.38. The molecular formula is C19H25N5O. The molecule has 6 heteroatoms. The second-order valence-electron chi connectivity index (χ2n) is 6.91. The summed E-state index contributed by atoms with van der Waals surface area (Å²) in [5.41, 5.74) is 2.28. The number of para-hydroxylation sites is 2. The van der Waals surface area contributed by atoms with Gasteiger partial charge in [0.2, 0.25) is 5.89 Å². The van der Waals surface area contributed by atoms with E-state index in [2.05, 4.69) is 56.6 Å². The van der Waals surface area contributed by atoms with Crippen molar-refractivity contribution in [3.8, 4) is 0 Å². The Morgan fingerprint density at radius 1 is 1.32 bits per heavy atom. The molecule has 0 bridgehead atoms. The number of hydrogen-bond donors (Lipinski definition) is 0. The summed E-state index contributed by atoms with van der Waals surface area (Å²) >= 11 is 0. The number of fused-ring (bicyclic) bond motifs is 1. The number of likely N-dealkylation sites (tertiary alicyclic amines) is 1. The minimum Gasteiger partial charge on any atom is -0.338 e. The van der Waals surface area contributed by atoms with Crippen LogP contribution in [0.15, 0.2) is 35.1 Å². The Morgan fingerprint density at radius 2 is 2.20 bits per heavy atom. The van der Waals surface area contributed by atoms with Crippen molar-refractivity contribution in [2.45, 2.75) is 51.6 Å². The number of nitrogens with zero attached hydrogens (tertiary/aromatic N) is 5. The minimum atomic E-state index is 0.149. The first-order valence-corrected chi connectivity index (χ1v) is 9.24. The second kappa shape index (κ2) is 6.96. The maximum Gasteiger partial charge on any atom is 0.243 e. The van der Waals surface area contributed by atoms with Gasteiger partial charge in [0.15, 0.2) is 5.82 Å². The molecule has 1 saturated heterocycles. The molecule has 0 N–H and O–H groups in total. The number of hydrogen-bond acceptors (Lipinski definition) is 5. The number of benzene rings is 1. The van der Waals surface area contributed by atoms with Crippen LogP contribution in [-0.4, -0.2) is 37.7 Å². The van der Waals surface area contributed by atoms with E-state index in [1.807, 2.05) is 12.4 Å². The molecule has 3 aromatic rings. The maximum absolute atomic E-state index is 5.51. The Hall–Kier alpha value is -2.21. The highest BCUT2D eigenvalue weighted by Crippen LogP contribution is 2.30. The van der Waals surface area contributed by atoms with E-state index < -0.39 is 0 Å². The van der Waals surface area contributed by atoms with Crippen molar-refractivity contribution < 1.29 is 4.52 Å². The molecule has 0 radical (unpaired) electrons. The summed E-state index contributed by atoms with van der Waals surface area (Å²) in [7, 11) is 0. The summed E-state index contributed by atoms with van der Waals surface area (Å²) in [6.07, 6.45) is 6.23. The summed E-state index contributed by atoms with van der Waals surface area (Å²) in [6.45, 7) is 6.34. The third-order valence-electron chi connectivity index (χ3n) is 5.16. The van der Waals surface area contributed by atoms with E-state index in [-0.39, 0.29) is 6.04 Å². The highest BCUT2D eigenvalue weighted by Gasteiger charge is 2.28. The van der Waals surface area contributed by atoms with Gasteiger partial charge in [-0.25, -0.2) is 4.98 Å². The number of rotatable bonds is 5. The smallest absolute Gasteiger partial charge is 0.243 e. The van der Waals surface area contributed by atoms with E-state index >= 15 is 0 Å². The quantitative estimate of drug-likeness (QED) is 0.708.